The number of hydrogen-bond donors (Lipinski definition) is 2. The summed E-state index contributed by atoms with van der Waals surface area (Å²) in [5, 5.41) is 9.65. The SMILES string of the molecule is C=C[C@H](N)c1cc(OC)c(O)c(OC)c1. The smallest absolute Gasteiger partial charge is 0.200 e. The number of rotatable bonds is 4. The van der Waals surface area contributed by atoms with Crippen LogP contribution in [0.3, 0.4) is 0 Å². The van der Waals surface area contributed by atoms with Crippen LogP contribution in [-0.4, -0.2) is 19.3 Å². The number of nitrogens with two attached hydrogens (primary N) is 1. The van der Waals surface area contributed by atoms with E-state index in [1.54, 1.807) is 18.2 Å². The molecule has 1 aromatic rings. The average molecular weight is 209 g/mol. The van der Waals surface area contributed by atoms with Crippen molar-refractivity contribution in [3.05, 3.63) is 30.4 Å². The largest absolute Gasteiger partial charge is 0.502 e. The van der Waals surface area contributed by atoms with Crippen LogP contribution in [0.5, 0.6) is 17.2 Å². The van der Waals surface area contributed by atoms with Gasteiger partial charge in [0.05, 0.1) is 14.2 Å². The summed E-state index contributed by atoms with van der Waals surface area (Å²) in [6.07, 6.45) is 1.60. The van der Waals surface area contributed by atoms with Crippen molar-refractivity contribution in [3.8, 4) is 17.2 Å². The lowest BCUT2D eigenvalue weighted by atomic mass is 10.1. The Hall–Kier alpha value is -1.68. The number of benzene rings is 1. The molecule has 0 aliphatic heterocycles. The van der Waals surface area contributed by atoms with Crippen LogP contribution in [0.4, 0.5) is 0 Å². The minimum absolute atomic E-state index is 0.0278. The normalized spacial score (nSPS) is 11.9. The first kappa shape index (κ1) is 11.4. The van der Waals surface area contributed by atoms with Crippen molar-refractivity contribution in [3.63, 3.8) is 0 Å². The minimum Gasteiger partial charge on any atom is -0.502 e. The predicted molar refractivity (Wildman–Crippen MR) is 58.3 cm³/mol. The van der Waals surface area contributed by atoms with E-state index in [1.165, 1.54) is 14.2 Å². The lowest BCUT2D eigenvalue weighted by Gasteiger charge is -2.13. The Bertz CT molecular complexity index is 338. The molecule has 0 aliphatic carbocycles. The summed E-state index contributed by atoms with van der Waals surface area (Å²) >= 11 is 0. The monoisotopic (exact) mass is 209 g/mol. The van der Waals surface area contributed by atoms with E-state index in [9.17, 15) is 5.11 Å². The Labute approximate surface area is 88.9 Å². The quantitative estimate of drug-likeness (QED) is 0.739. The zero-order valence-electron chi connectivity index (χ0n) is 8.86. The van der Waals surface area contributed by atoms with Gasteiger partial charge in [0, 0.05) is 6.04 Å². The van der Waals surface area contributed by atoms with Gasteiger partial charge in [-0.15, -0.1) is 6.58 Å². The first-order valence-corrected chi connectivity index (χ1v) is 4.47. The van der Waals surface area contributed by atoms with Gasteiger partial charge >= 0.3 is 0 Å². The third-order valence-corrected chi connectivity index (χ3v) is 2.14. The van der Waals surface area contributed by atoms with Gasteiger partial charge in [0.15, 0.2) is 11.5 Å². The second-order valence-corrected chi connectivity index (χ2v) is 3.04. The van der Waals surface area contributed by atoms with Crippen molar-refractivity contribution in [1.82, 2.24) is 0 Å². The molecule has 0 radical (unpaired) electrons. The van der Waals surface area contributed by atoms with Crippen molar-refractivity contribution >= 4 is 0 Å². The van der Waals surface area contributed by atoms with E-state index in [0.717, 1.165) is 5.56 Å². The first-order valence-electron chi connectivity index (χ1n) is 4.47. The zero-order chi connectivity index (χ0) is 11.4. The predicted octanol–water partition coefficient (Wildman–Crippen LogP) is 1.60. The molecular weight excluding hydrogens is 194 g/mol. The Morgan fingerprint density at radius 1 is 1.33 bits per heavy atom. The summed E-state index contributed by atoms with van der Waals surface area (Å²) in [5.74, 6) is 0.642. The molecule has 0 fully saturated rings. The van der Waals surface area contributed by atoms with Gasteiger partial charge in [-0.2, -0.15) is 0 Å². The number of hydrogen-bond acceptors (Lipinski definition) is 4. The van der Waals surface area contributed by atoms with Gasteiger partial charge in [0.1, 0.15) is 0 Å². The van der Waals surface area contributed by atoms with Crippen molar-refractivity contribution in [2.45, 2.75) is 6.04 Å². The van der Waals surface area contributed by atoms with E-state index in [0.29, 0.717) is 11.5 Å². The molecule has 1 atom stereocenters. The summed E-state index contributed by atoms with van der Waals surface area (Å²) < 4.78 is 10.0. The summed E-state index contributed by atoms with van der Waals surface area (Å²) in [6, 6.07) is 3.00. The second-order valence-electron chi connectivity index (χ2n) is 3.04. The van der Waals surface area contributed by atoms with E-state index < -0.39 is 0 Å². The third kappa shape index (κ3) is 2.22. The van der Waals surface area contributed by atoms with Gasteiger partial charge in [-0.05, 0) is 17.7 Å². The van der Waals surface area contributed by atoms with Crippen molar-refractivity contribution in [2.75, 3.05) is 14.2 Å². The lowest BCUT2D eigenvalue weighted by molar-refractivity contribution is 0.339. The molecule has 4 nitrogen and oxygen atoms in total. The van der Waals surface area contributed by atoms with Gasteiger partial charge in [-0.3, -0.25) is 0 Å². The Morgan fingerprint density at radius 2 is 1.80 bits per heavy atom. The van der Waals surface area contributed by atoms with Gasteiger partial charge in [-0.25, -0.2) is 0 Å². The second kappa shape index (κ2) is 4.70. The molecule has 1 rings (SSSR count). The molecule has 0 heterocycles. The summed E-state index contributed by atoms with van der Waals surface area (Å²) in [7, 11) is 2.94. The molecule has 0 saturated carbocycles. The number of aromatic hydroxyl groups is 1. The maximum atomic E-state index is 9.65. The average Bonchev–Trinajstić information content (AvgIpc) is 2.28. The highest BCUT2D eigenvalue weighted by molar-refractivity contribution is 5.53. The topological polar surface area (TPSA) is 64.7 Å². The molecule has 4 heteroatoms. The van der Waals surface area contributed by atoms with Crippen molar-refractivity contribution in [1.29, 1.82) is 0 Å². The molecule has 15 heavy (non-hydrogen) atoms. The highest BCUT2D eigenvalue weighted by Gasteiger charge is 2.13. The number of ether oxygens (including phenoxy) is 2. The van der Waals surface area contributed by atoms with Gasteiger partial charge in [-0.1, -0.05) is 6.08 Å². The molecule has 0 aromatic heterocycles. The van der Waals surface area contributed by atoms with Crippen LogP contribution in [-0.2, 0) is 0 Å². The van der Waals surface area contributed by atoms with Crippen molar-refractivity contribution < 1.29 is 14.6 Å². The fraction of sp³-hybridized carbons (Fsp3) is 0.273. The van der Waals surface area contributed by atoms with E-state index in [1.807, 2.05) is 0 Å². The molecule has 0 unspecified atom stereocenters. The summed E-state index contributed by atoms with van der Waals surface area (Å²) in [4.78, 5) is 0. The van der Waals surface area contributed by atoms with Gasteiger partial charge in [0.2, 0.25) is 5.75 Å². The molecular formula is C11H15NO3. The van der Waals surface area contributed by atoms with E-state index in [4.69, 9.17) is 15.2 Å². The molecule has 82 valence electrons. The molecule has 0 spiro atoms. The third-order valence-electron chi connectivity index (χ3n) is 2.14. The Balaban J connectivity index is 3.26. The van der Waals surface area contributed by atoms with Crippen LogP contribution in [0.2, 0.25) is 0 Å². The van der Waals surface area contributed by atoms with Gasteiger partial charge in [0.25, 0.3) is 0 Å². The van der Waals surface area contributed by atoms with Crippen LogP contribution >= 0.6 is 0 Å². The van der Waals surface area contributed by atoms with E-state index >= 15 is 0 Å². The minimum atomic E-state index is -0.312. The molecule has 0 aliphatic rings. The van der Waals surface area contributed by atoms with E-state index in [-0.39, 0.29) is 11.8 Å². The Kier molecular flexibility index (Phi) is 3.57. The molecule has 1 aromatic carbocycles. The summed E-state index contributed by atoms with van der Waals surface area (Å²) in [6.45, 7) is 3.60. The van der Waals surface area contributed by atoms with Crippen LogP contribution < -0.4 is 15.2 Å². The first-order chi connectivity index (χ1) is 7.13. The maximum absolute atomic E-state index is 9.65. The fourth-order valence-corrected chi connectivity index (χ4v) is 1.24. The highest BCUT2D eigenvalue weighted by atomic mass is 16.5. The number of phenols is 1. The molecule has 0 bridgehead atoms. The van der Waals surface area contributed by atoms with Crippen LogP contribution in [0.25, 0.3) is 0 Å². The van der Waals surface area contributed by atoms with Crippen LogP contribution in [0, 0.1) is 0 Å². The molecule has 3 N–H and O–H groups in total. The van der Waals surface area contributed by atoms with Crippen molar-refractivity contribution in [2.24, 2.45) is 5.73 Å². The van der Waals surface area contributed by atoms with Gasteiger partial charge < -0.3 is 20.3 Å². The fourth-order valence-electron chi connectivity index (χ4n) is 1.24. The Morgan fingerprint density at radius 3 is 2.13 bits per heavy atom. The highest BCUT2D eigenvalue weighted by Crippen LogP contribution is 2.38. The van der Waals surface area contributed by atoms with E-state index in [2.05, 4.69) is 6.58 Å². The molecule has 0 saturated heterocycles. The zero-order valence-corrected chi connectivity index (χ0v) is 8.86. The summed E-state index contributed by atoms with van der Waals surface area (Å²) in [5.41, 5.74) is 6.56. The molecule has 0 amide bonds. The lowest BCUT2D eigenvalue weighted by Crippen LogP contribution is -2.07. The van der Waals surface area contributed by atoms with Crippen LogP contribution in [0.1, 0.15) is 11.6 Å². The number of phenolic OH excluding ortho intramolecular Hbond substituents is 1. The number of methoxy groups -OCH3 is 2. The maximum Gasteiger partial charge on any atom is 0.200 e. The van der Waals surface area contributed by atoms with Crippen LogP contribution in [0.15, 0.2) is 24.8 Å². The standard InChI is InChI=1S/C11H15NO3/c1-4-8(12)7-5-9(14-2)11(13)10(6-7)15-3/h4-6,8,13H,1,12H2,2-3H3/t8-/m0/s1.